The first-order valence-electron chi connectivity index (χ1n) is 4.54. The fraction of sp³-hybridized carbons (Fsp3) is 0.273. The van der Waals surface area contributed by atoms with Gasteiger partial charge in [0.1, 0.15) is 5.38 Å². The van der Waals surface area contributed by atoms with Gasteiger partial charge in [0.25, 0.3) is 0 Å². The lowest BCUT2D eigenvalue weighted by molar-refractivity contribution is 1.20. The first-order valence-corrected chi connectivity index (χ1v) is 7.40. The summed E-state index contributed by atoms with van der Waals surface area (Å²) in [6, 6.07) is 6.32. The van der Waals surface area contributed by atoms with Crippen molar-refractivity contribution >= 4 is 50.2 Å². The van der Waals surface area contributed by atoms with Crippen LogP contribution < -0.4 is 0 Å². The molecule has 0 aliphatic rings. The third-order valence-electron chi connectivity index (χ3n) is 2.15. The van der Waals surface area contributed by atoms with Crippen LogP contribution in [0.4, 0.5) is 0 Å². The number of thiophene rings is 2. The quantitative estimate of drug-likeness (QED) is 0.639. The molecule has 0 saturated carbocycles. The van der Waals surface area contributed by atoms with E-state index < -0.39 is 0 Å². The SMILES string of the molecule is Cc1cc(C)c(C(Cl)c2ccc(Br)s2)s1. The molecular formula is C11H10BrClS2. The Hall–Kier alpha value is 0.170. The summed E-state index contributed by atoms with van der Waals surface area (Å²) in [6.45, 7) is 4.24. The summed E-state index contributed by atoms with van der Waals surface area (Å²) >= 11 is 13.4. The van der Waals surface area contributed by atoms with Crippen molar-refractivity contribution in [3.8, 4) is 0 Å². The zero-order chi connectivity index (χ0) is 11.0. The molecule has 0 N–H and O–H groups in total. The van der Waals surface area contributed by atoms with Gasteiger partial charge in [-0.25, -0.2) is 0 Å². The minimum Gasteiger partial charge on any atom is -0.143 e. The summed E-state index contributed by atoms with van der Waals surface area (Å²) in [7, 11) is 0. The molecule has 1 unspecified atom stereocenters. The maximum atomic E-state index is 6.46. The number of rotatable bonds is 2. The van der Waals surface area contributed by atoms with E-state index in [-0.39, 0.29) is 5.38 Å². The van der Waals surface area contributed by atoms with Crippen molar-refractivity contribution in [3.63, 3.8) is 0 Å². The lowest BCUT2D eigenvalue weighted by Gasteiger charge is -2.05. The molecule has 0 aromatic carbocycles. The molecule has 0 radical (unpaired) electrons. The van der Waals surface area contributed by atoms with Crippen LogP contribution in [0.1, 0.15) is 25.6 Å². The largest absolute Gasteiger partial charge is 0.143 e. The van der Waals surface area contributed by atoms with Crippen molar-refractivity contribution in [1.82, 2.24) is 0 Å². The predicted octanol–water partition coefficient (Wildman–Crippen LogP) is 5.52. The summed E-state index contributed by atoms with van der Waals surface area (Å²) in [5, 5.41) is -0.000000000000000444. The second-order valence-corrected chi connectivity index (χ2v) is 7.63. The molecule has 0 amide bonds. The Morgan fingerprint density at radius 3 is 2.47 bits per heavy atom. The zero-order valence-electron chi connectivity index (χ0n) is 8.38. The van der Waals surface area contributed by atoms with E-state index >= 15 is 0 Å². The average molecular weight is 322 g/mol. The third kappa shape index (κ3) is 2.47. The first kappa shape index (κ1) is 11.6. The Balaban J connectivity index is 2.35. The van der Waals surface area contributed by atoms with Gasteiger partial charge in [-0.15, -0.1) is 34.3 Å². The summed E-state index contributed by atoms with van der Waals surface area (Å²) < 4.78 is 1.13. The molecule has 80 valence electrons. The Morgan fingerprint density at radius 1 is 1.27 bits per heavy atom. The Morgan fingerprint density at radius 2 is 2.00 bits per heavy atom. The van der Waals surface area contributed by atoms with Crippen LogP contribution >= 0.6 is 50.2 Å². The molecule has 1 atom stereocenters. The van der Waals surface area contributed by atoms with E-state index in [1.165, 1.54) is 20.2 Å². The van der Waals surface area contributed by atoms with E-state index in [4.69, 9.17) is 11.6 Å². The van der Waals surface area contributed by atoms with Gasteiger partial charge in [-0.2, -0.15) is 0 Å². The number of hydrogen-bond acceptors (Lipinski definition) is 2. The molecule has 15 heavy (non-hydrogen) atoms. The normalized spacial score (nSPS) is 13.1. The van der Waals surface area contributed by atoms with Gasteiger partial charge in [-0.1, -0.05) is 0 Å². The van der Waals surface area contributed by atoms with Crippen LogP contribution in [0, 0.1) is 13.8 Å². The second kappa shape index (κ2) is 4.58. The summed E-state index contributed by atoms with van der Waals surface area (Å²) in [5.74, 6) is 0. The van der Waals surface area contributed by atoms with Crippen molar-refractivity contribution in [2.24, 2.45) is 0 Å². The van der Waals surface area contributed by atoms with Gasteiger partial charge in [-0.3, -0.25) is 0 Å². The molecule has 2 aromatic heterocycles. The van der Waals surface area contributed by atoms with Gasteiger partial charge < -0.3 is 0 Å². The Kier molecular flexibility index (Phi) is 3.56. The van der Waals surface area contributed by atoms with E-state index in [1.54, 1.807) is 22.7 Å². The molecule has 0 aliphatic carbocycles. The standard InChI is InChI=1S/C11H10BrClS2/c1-6-5-7(2)14-11(6)10(13)8-3-4-9(12)15-8/h3-5,10H,1-2H3. The highest BCUT2D eigenvalue weighted by Gasteiger charge is 2.17. The van der Waals surface area contributed by atoms with Crippen LogP contribution in [-0.4, -0.2) is 0 Å². The molecule has 0 fully saturated rings. The fourth-order valence-electron chi connectivity index (χ4n) is 1.50. The maximum Gasteiger partial charge on any atom is 0.102 e. The lowest BCUT2D eigenvalue weighted by Crippen LogP contribution is -1.87. The van der Waals surface area contributed by atoms with Gasteiger partial charge >= 0.3 is 0 Å². The van der Waals surface area contributed by atoms with E-state index in [2.05, 4.69) is 41.9 Å². The average Bonchev–Trinajstić information content (AvgIpc) is 2.71. The van der Waals surface area contributed by atoms with Gasteiger partial charge in [0, 0.05) is 14.6 Å². The van der Waals surface area contributed by atoms with Crippen molar-refractivity contribution in [2.75, 3.05) is 0 Å². The summed E-state index contributed by atoms with van der Waals surface area (Å²) in [4.78, 5) is 3.79. The summed E-state index contributed by atoms with van der Waals surface area (Å²) in [5.41, 5.74) is 1.29. The minimum absolute atomic E-state index is 0.000000000000000444. The third-order valence-corrected chi connectivity index (χ3v) is 5.77. The maximum absolute atomic E-state index is 6.46. The zero-order valence-corrected chi connectivity index (χ0v) is 12.4. The van der Waals surface area contributed by atoms with Crippen LogP contribution in [0.2, 0.25) is 0 Å². The van der Waals surface area contributed by atoms with Crippen LogP contribution in [0.25, 0.3) is 0 Å². The highest BCUT2D eigenvalue weighted by molar-refractivity contribution is 9.11. The highest BCUT2D eigenvalue weighted by Crippen LogP contribution is 2.40. The van der Waals surface area contributed by atoms with Crippen molar-refractivity contribution < 1.29 is 0 Å². The van der Waals surface area contributed by atoms with E-state index in [9.17, 15) is 0 Å². The number of aryl methyl sites for hydroxylation is 2. The fourth-order valence-corrected chi connectivity index (χ4v) is 4.54. The van der Waals surface area contributed by atoms with Crippen LogP contribution in [0.3, 0.4) is 0 Å². The molecule has 0 saturated heterocycles. The molecule has 2 rings (SSSR count). The summed E-state index contributed by atoms with van der Waals surface area (Å²) in [6.07, 6.45) is 0. The Bertz CT molecular complexity index is 473. The monoisotopic (exact) mass is 320 g/mol. The molecule has 2 aromatic rings. The van der Waals surface area contributed by atoms with Gasteiger partial charge in [0.15, 0.2) is 0 Å². The van der Waals surface area contributed by atoms with Crippen LogP contribution in [0.5, 0.6) is 0 Å². The predicted molar refractivity (Wildman–Crippen MR) is 73.5 cm³/mol. The smallest absolute Gasteiger partial charge is 0.102 e. The second-order valence-electron chi connectivity index (χ2n) is 3.41. The molecular weight excluding hydrogens is 312 g/mol. The first-order chi connectivity index (χ1) is 7.08. The topological polar surface area (TPSA) is 0 Å². The van der Waals surface area contributed by atoms with Gasteiger partial charge in [-0.05, 0) is 53.5 Å². The van der Waals surface area contributed by atoms with Crippen molar-refractivity contribution in [2.45, 2.75) is 19.2 Å². The van der Waals surface area contributed by atoms with E-state index in [0.717, 1.165) is 3.79 Å². The lowest BCUT2D eigenvalue weighted by atomic mass is 10.2. The van der Waals surface area contributed by atoms with Gasteiger partial charge in [0.05, 0.1) is 3.79 Å². The molecule has 0 bridgehead atoms. The number of hydrogen-bond donors (Lipinski definition) is 0. The van der Waals surface area contributed by atoms with E-state index in [1.807, 2.05) is 6.07 Å². The highest BCUT2D eigenvalue weighted by atomic mass is 79.9. The van der Waals surface area contributed by atoms with Crippen LogP contribution in [0.15, 0.2) is 22.0 Å². The minimum atomic E-state index is -0.000000000000000444. The number of alkyl halides is 1. The molecule has 4 heteroatoms. The molecule has 0 aliphatic heterocycles. The van der Waals surface area contributed by atoms with E-state index in [0.29, 0.717) is 0 Å². The molecule has 2 heterocycles. The van der Waals surface area contributed by atoms with Gasteiger partial charge in [0.2, 0.25) is 0 Å². The van der Waals surface area contributed by atoms with Crippen molar-refractivity contribution in [3.05, 3.63) is 42.2 Å². The van der Waals surface area contributed by atoms with Crippen LogP contribution in [-0.2, 0) is 0 Å². The number of halogens is 2. The molecule has 0 nitrogen and oxygen atoms in total. The Labute approximate surface area is 111 Å². The molecule has 0 spiro atoms. The van der Waals surface area contributed by atoms with Crippen molar-refractivity contribution in [1.29, 1.82) is 0 Å².